The third kappa shape index (κ3) is 18.7. The summed E-state index contributed by atoms with van der Waals surface area (Å²) < 4.78 is 36.4. The van der Waals surface area contributed by atoms with Gasteiger partial charge in [-0.25, -0.2) is 0 Å². The largest absolute Gasteiger partial charge is 0.379 e. The molecule has 7 heteroatoms. The number of unbranched alkanes of at least 4 members (excludes halogenated alkanes) is 9. The van der Waals surface area contributed by atoms with Crippen molar-refractivity contribution in [2.45, 2.75) is 201 Å². The molecule has 4 aliphatic carbocycles. The van der Waals surface area contributed by atoms with Gasteiger partial charge in [-0.1, -0.05) is 135 Å². The number of rotatable bonds is 35. The van der Waals surface area contributed by atoms with Gasteiger partial charge in [0.1, 0.15) is 0 Å². The predicted octanol–water partition coefficient (Wildman–Crippen LogP) is 14.0. The molecule has 1 heterocycles. The fourth-order valence-electron chi connectivity index (χ4n) is 13.3. The lowest BCUT2D eigenvalue weighted by Crippen LogP contribution is -2.51. The summed E-state index contributed by atoms with van der Waals surface area (Å²) in [6.07, 6.45) is 42.6. The molecule has 0 aromatic carbocycles. The smallest absolute Gasteiger partial charge is 0.0936 e. The summed E-state index contributed by atoms with van der Waals surface area (Å²) in [6, 6.07) is 0. The lowest BCUT2D eigenvalue weighted by Gasteiger charge is -2.58. The van der Waals surface area contributed by atoms with E-state index in [1.807, 2.05) is 0 Å². The van der Waals surface area contributed by atoms with Crippen LogP contribution in [0.4, 0.5) is 0 Å². The first kappa shape index (κ1) is 54.9. The third-order valence-electron chi connectivity index (χ3n) is 17.2. The Morgan fingerprint density at radius 2 is 1.42 bits per heavy atom. The monoisotopic (exact) mass is 910 g/mol. The Labute approximate surface area is 401 Å². The number of hydrogen-bond acceptors (Lipinski definition) is 7. The second-order valence-electron chi connectivity index (χ2n) is 22.3. The summed E-state index contributed by atoms with van der Waals surface area (Å²) in [7, 11) is 0. The molecule has 65 heavy (non-hydrogen) atoms. The van der Waals surface area contributed by atoms with Crippen molar-refractivity contribution in [2.75, 3.05) is 85.7 Å². The zero-order valence-electron chi connectivity index (χ0n) is 43.4. The van der Waals surface area contributed by atoms with Crippen LogP contribution in [0, 0.1) is 46.3 Å². The van der Waals surface area contributed by atoms with E-state index in [4.69, 9.17) is 28.4 Å². The minimum Gasteiger partial charge on any atom is -0.379 e. The van der Waals surface area contributed by atoms with E-state index in [1.165, 1.54) is 128 Å². The molecule has 3 saturated carbocycles. The van der Waals surface area contributed by atoms with Gasteiger partial charge in [0.15, 0.2) is 0 Å². The minimum atomic E-state index is 0.0507. The molecule has 1 unspecified atom stereocenters. The van der Waals surface area contributed by atoms with E-state index in [2.05, 4.69) is 76.8 Å². The fourth-order valence-corrected chi connectivity index (χ4v) is 13.3. The van der Waals surface area contributed by atoms with Crippen LogP contribution in [0.1, 0.15) is 189 Å². The van der Waals surface area contributed by atoms with Crippen molar-refractivity contribution in [3.8, 4) is 0 Å². The second kappa shape index (κ2) is 31.2. The van der Waals surface area contributed by atoms with Gasteiger partial charge in [-0.15, -0.1) is 0 Å². The Morgan fingerprint density at radius 1 is 0.708 bits per heavy atom. The average molecular weight is 910 g/mol. The highest BCUT2D eigenvalue weighted by molar-refractivity contribution is 5.25. The molecule has 376 valence electrons. The van der Waals surface area contributed by atoms with Gasteiger partial charge in [-0.2, -0.15) is 0 Å². The molecule has 7 nitrogen and oxygen atoms in total. The van der Waals surface area contributed by atoms with E-state index in [1.54, 1.807) is 5.57 Å². The second-order valence-corrected chi connectivity index (χ2v) is 22.3. The molecule has 0 aromatic heterocycles. The van der Waals surface area contributed by atoms with Crippen molar-refractivity contribution < 1.29 is 28.4 Å². The van der Waals surface area contributed by atoms with Crippen LogP contribution >= 0.6 is 0 Å². The van der Waals surface area contributed by atoms with Crippen LogP contribution in [0.5, 0.6) is 0 Å². The molecule has 5 rings (SSSR count). The molecule has 0 radical (unpaired) electrons. The lowest BCUT2D eigenvalue weighted by molar-refractivity contribution is -0.0724. The van der Waals surface area contributed by atoms with Crippen LogP contribution in [0.15, 0.2) is 36.0 Å². The molecule has 4 fully saturated rings. The Kier molecular flexibility index (Phi) is 26.4. The van der Waals surface area contributed by atoms with Gasteiger partial charge in [0.25, 0.3) is 0 Å². The van der Waals surface area contributed by atoms with Crippen LogP contribution in [0.25, 0.3) is 0 Å². The summed E-state index contributed by atoms with van der Waals surface area (Å²) in [5.74, 6) is 5.33. The van der Waals surface area contributed by atoms with Crippen molar-refractivity contribution >= 4 is 0 Å². The Bertz CT molecular complexity index is 1330. The fraction of sp³-hybridized carbons (Fsp3) is 0.897. The molecule has 0 aromatic rings. The first-order valence-corrected chi connectivity index (χ1v) is 28.0. The van der Waals surface area contributed by atoms with E-state index in [0.29, 0.717) is 63.2 Å². The standard InChI is InChI=1S/C58H103NO6/c1-7-8-9-10-11-12-13-14-15-16-17-18-19-20-21-22-36-63-47-52(46-59-34-37-60-38-35-59)65-44-42-62-40-39-61-41-43-64-51-30-32-57(5)50(45-51)26-27-53-55-29-28-54(49(4)25-23-24-48(2)3)58(55,6)33-31-56(53)57/h11-12,14-15,26,48-49,51-56H,7-10,13,16-25,27-47H2,1-6H3/t49-,51+,52?,53+,54-,55+,56+,57+,58-/m1/s1. The van der Waals surface area contributed by atoms with Crippen LogP contribution in [0.3, 0.4) is 0 Å². The van der Waals surface area contributed by atoms with Crippen LogP contribution in [-0.2, 0) is 28.4 Å². The highest BCUT2D eigenvalue weighted by Gasteiger charge is 2.59. The van der Waals surface area contributed by atoms with Crippen LogP contribution in [-0.4, -0.2) is 103 Å². The maximum absolute atomic E-state index is 6.46. The van der Waals surface area contributed by atoms with Gasteiger partial charge < -0.3 is 28.4 Å². The van der Waals surface area contributed by atoms with Crippen molar-refractivity contribution in [3.05, 3.63) is 36.0 Å². The number of allylic oxidation sites excluding steroid dienone is 5. The summed E-state index contributed by atoms with van der Waals surface area (Å²) in [6.45, 7) is 24.4. The third-order valence-corrected chi connectivity index (χ3v) is 17.2. The molecule has 1 aliphatic heterocycles. The maximum Gasteiger partial charge on any atom is 0.0936 e. The first-order valence-electron chi connectivity index (χ1n) is 28.0. The van der Waals surface area contributed by atoms with Gasteiger partial charge >= 0.3 is 0 Å². The van der Waals surface area contributed by atoms with Gasteiger partial charge in [-0.05, 0) is 136 Å². The van der Waals surface area contributed by atoms with Crippen molar-refractivity contribution in [3.63, 3.8) is 0 Å². The topological polar surface area (TPSA) is 58.6 Å². The summed E-state index contributed by atoms with van der Waals surface area (Å²) in [4.78, 5) is 2.44. The highest BCUT2D eigenvalue weighted by atomic mass is 16.6. The molecule has 5 aliphatic rings. The zero-order valence-corrected chi connectivity index (χ0v) is 43.4. The Morgan fingerprint density at radius 3 is 2.17 bits per heavy atom. The van der Waals surface area contributed by atoms with Crippen molar-refractivity contribution in [1.29, 1.82) is 0 Å². The van der Waals surface area contributed by atoms with Crippen LogP contribution in [0.2, 0.25) is 0 Å². The maximum atomic E-state index is 6.46. The van der Waals surface area contributed by atoms with E-state index in [-0.39, 0.29) is 6.10 Å². The summed E-state index contributed by atoms with van der Waals surface area (Å²) in [5, 5.41) is 0. The Balaban J connectivity index is 0.871. The molecular weight excluding hydrogens is 807 g/mol. The Hall–Kier alpha value is -1.06. The van der Waals surface area contributed by atoms with Crippen molar-refractivity contribution in [2.24, 2.45) is 46.3 Å². The highest BCUT2D eigenvalue weighted by Crippen LogP contribution is 2.67. The van der Waals surface area contributed by atoms with Gasteiger partial charge in [0.2, 0.25) is 0 Å². The average Bonchev–Trinajstić information content (AvgIpc) is 3.66. The quantitative estimate of drug-likeness (QED) is 0.0464. The van der Waals surface area contributed by atoms with E-state index >= 15 is 0 Å². The number of hydrogen-bond donors (Lipinski definition) is 0. The van der Waals surface area contributed by atoms with E-state index < -0.39 is 0 Å². The predicted molar refractivity (Wildman–Crippen MR) is 272 cm³/mol. The first-order chi connectivity index (χ1) is 31.7. The van der Waals surface area contributed by atoms with Crippen LogP contribution < -0.4 is 0 Å². The molecular formula is C58H103NO6. The normalized spacial score (nSPS) is 29.3. The molecule has 1 saturated heterocycles. The van der Waals surface area contributed by atoms with E-state index in [9.17, 15) is 0 Å². The van der Waals surface area contributed by atoms with E-state index in [0.717, 1.165) is 94.2 Å². The van der Waals surface area contributed by atoms with Gasteiger partial charge in [0.05, 0.1) is 71.7 Å². The number of ether oxygens (including phenoxy) is 6. The number of fused-ring (bicyclic) bond motifs is 5. The SMILES string of the molecule is CCCCCC=CCC=CCCCCCCCCOCC(CN1CCOCC1)OCCOCCOCCO[C@H]1CC[C@@]2(C)C(=CC[C@H]3[C@@H]4CC[C@H]([C@H](C)CCCC(C)C)[C@@]4(C)CC[C@@H]32)C1. The number of morpholine rings is 1. The van der Waals surface area contributed by atoms with Crippen molar-refractivity contribution in [1.82, 2.24) is 4.90 Å². The molecule has 0 N–H and O–H groups in total. The van der Waals surface area contributed by atoms with Gasteiger partial charge in [-0.3, -0.25) is 4.90 Å². The van der Waals surface area contributed by atoms with Gasteiger partial charge in [0, 0.05) is 26.2 Å². The molecule has 0 spiro atoms. The molecule has 0 bridgehead atoms. The lowest BCUT2D eigenvalue weighted by atomic mass is 9.47. The zero-order chi connectivity index (χ0) is 46.0. The molecule has 0 amide bonds. The number of nitrogens with zero attached hydrogens (tertiary/aromatic N) is 1. The summed E-state index contributed by atoms with van der Waals surface area (Å²) in [5.41, 5.74) is 2.65. The minimum absolute atomic E-state index is 0.0507. The molecule has 9 atom stereocenters. The summed E-state index contributed by atoms with van der Waals surface area (Å²) >= 11 is 0.